The molecule has 0 aliphatic carbocycles. The van der Waals surface area contributed by atoms with Crippen molar-refractivity contribution in [3.05, 3.63) is 0 Å². The Morgan fingerprint density at radius 3 is 1.79 bits per heavy atom. The van der Waals surface area contributed by atoms with E-state index in [-0.39, 0.29) is 5.90 Å². The van der Waals surface area contributed by atoms with Crippen molar-refractivity contribution in [1.29, 1.82) is 0 Å². The molecular formula is C16H32Cl2NO4P. The Kier molecular flexibility index (Phi) is 13.5. The maximum absolute atomic E-state index is 12.9. The van der Waals surface area contributed by atoms with Gasteiger partial charge in [0.1, 0.15) is 0 Å². The molecule has 0 saturated heterocycles. The molecule has 8 heteroatoms. The molecule has 0 spiro atoms. The number of rotatable bonds is 14. The van der Waals surface area contributed by atoms with E-state index in [9.17, 15) is 4.57 Å². The molecule has 0 bridgehead atoms. The number of hydrogen-bond donors (Lipinski definition) is 0. The van der Waals surface area contributed by atoms with Crippen LogP contribution in [0.1, 0.15) is 72.6 Å². The normalized spacial score (nSPS) is 13.3. The summed E-state index contributed by atoms with van der Waals surface area (Å²) in [4.78, 5) is 0. The van der Waals surface area contributed by atoms with E-state index >= 15 is 0 Å². The number of halogens is 2. The van der Waals surface area contributed by atoms with Gasteiger partial charge < -0.3 is 4.74 Å². The van der Waals surface area contributed by atoms with E-state index < -0.39 is 12.1 Å². The van der Waals surface area contributed by atoms with Gasteiger partial charge in [0.2, 0.25) is 5.90 Å². The Balaban J connectivity index is 5.29. The minimum atomic E-state index is -3.70. The van der Waals surface area contributed by atoms with Crippen LogP contribution in [0.3, 0.4) is 0 Å². The molecule has 5 nitrogen and oxygen atoms in total. The molecule has 0 aliphatic rings. The van der Waals surface area contributed by atoms with Crippen molar-refractivity contribution in [2.24, 2.45) is 4.76 Å². The highest BCUT2D eigenvalue weighted by Crippen LogP contribution is 2.51. The third kappa shape index (κ3) is 10.2. The van der Waals surface area contributed by atoms with Gasteiger partial charge in [-0.25, -0.2) is 4.57 Å². The summed E-state index contributed by atoms with van der Waals surface area (Å²) in [6.07, 6.45) is 5.52. The van der Waals surface area contributed by atoms with Crippen molar-refractivity contribution in [1.82, 2.24) is 0 Å². The van der Waals surface area contributed by atoms with Crippen LogP contribution in [0.25, 0.3) is 0 Å². The van der Waals surface area contributed by atoms with Gasteiger partial charge in [-0.15, -0.1) is 4.76 Å². The highest BCUT2D eigenvalue weighted by molar-refractivity contribution is 7.52. The zero-order chi connectivity index (χ0) is 18.5. The molecule has 144 valence electrons. The first-order valence-corrected chi connectivity index (χ1v) is 11.1. The summed E-state index contributed by atoms with van der Waals surface area (Å²) in [6, 6.07) is 0. The van der Waals surface area contributed by atoms with E-state index in [4.69, 9.17) is 37.0 Å². The van der Waals surface area contributed by atoms with Crippen LogP contribution in [0.5, 0.6) is 0 Å². The minimum absolute atomic E-state index is 0.0121. The molecule has 0 aromatic heterocycles. The van der Waals surface area contributed by atoms with Crippen LogP contribution in [0.4, 0.5) is 0 Å². The van der Waals surface area contributed by atoms with E-state index in [0.717, 1.165) is 38.5 Å². The fourth-order valence-electron chi connectivity index (χ4n) is 1.53. The number of hydrogen-bond acceptors (Lipinski definition) is 4. The molecule has 0 aromatic rings. The molecule has 0 radical (unpaired) electrons. The SMILES string of the molecule is CCCCOC(=NP(=O)(OCCCC)OCCCC)C(Cl)(Cl)CC. The molecule has 0 rings (SSSR count). The number of nitrogens with zero attached hydrogens (tertiary/aromatic N) is 1. The fraction of sp³-hybridized carbons (Fsp3) is 0.938. The number of alkyl halides is 2. The molecule has 0 unspecified atom stereocenters. The van der Waals surface area contributed by atoms with Crippen molar-refractivity contribution in [2.75, 3.05) is 19.8 Å². The molecule has 0 aliphatic heterocycles. The van der Waals surface area contributed by atoms with Crippen molar-refractivity contribution in [3.63, 3.8) is 0 Å². The van der Waals surface area contributed by atoms with Gasteiger partial charge in [0.25, 0.3) is 0 Å². The Bertz CT molecular complexity index is 392. The predicted octanol–water partition coefficient (Wildman–Crippen LogP) is 6.53. The lowest BCUT2D eigenvalue weighted by Gasteiger charge is -2.22. The van der Waals surface area contributed by atoms with Crippen LogP contribution >= 0.6 is 30.9 Å². The lowest BCUT2D eigenvalue weighted by atomic mass is 10.3. The maximum Gasteiger partial charge on any atom is 0.456 e. The molecule has 0 atom stereocenters. The zero-order valence-electron chi connectivity index (χ0n) is 15.4. The van der Waals surface area contributed by atoms with Gasteiger partial charge in [0.15, 0.2) is 4.33 Å². The summed E-state index contributed by atoms with van der Waals surface area (Å²) in [5.74, 6) is 0.0121. The third-order valence-electron chi connectivity index (χ3n) is 3.21. The monoisotopic (exact) mass is 403 g/mol. The smallest absolute Gasteiger partial charge is 0.456 e. The van der Waals surface area contributed by atoms with Crippen LogP contribution in [0, 0.1) is 0 Å². The van der Waals surface area contributed by atoms with Gasteiger partial charge in [0, 0.05) is 0 Å². The van der Waals surface area contributed by atoms with Gasteiger partial charge in [0.05, 0.1) is 19.8 Å². The highest BCUT2D eigenvalue weighted by Gasteiger charge is 2.36. The van der Waals surface area contributed by atoms with E-state index in [1.54, 1.807) is 6.92 Å². The van der Waals surface area contributed by atoms with Crippen molar-refractivity contribution in [2.45, 2.75) is 77.0 Å². The average Bonchev–Trinajstić information content (AvgIpc) is 2.54. The van der Waals surface area contributed by atoms with Crippen LogP contribution in [0.15, 0.2) is 4.76 Å². The standard InChI is InChI=1S/C16H32Cl2NO4P/c1-5-9-12-21-15(16(17,18)8-4)19-24(20,22-13-10-6-2)23-14-11-7-3/h5-14H2,1-4H3. The minimum Gasteiger partial charge on any atom is -0.478 e. The molecule has 0 heterocycles. The van der Waals surface area contributed by atoms with Crippen LogP contribution in [-0.2, 0) is 18.3 Å². The molecule has 0 N–H and O–H groups in total. The van der Waals surface area contributed by atoms with E-state index in [1.165, 1.54) is 0 Å². The van der Waals surface area contributed by atoms with Gasteiger partial charge in [-0.05, 0) is 25.7 Å². The Morgan fingerprint density at radius 2 is 1.38 bits per heavy atom. The second-order valence-electron chi connectivity index (χ2n) is 5.51. The summed E-state index contributed by atoms with van der Waals surface area (Å²) >= 11 is 12.5. The fourth-order valence-corrected chi connectivity index (χ4v) is 3.20. The first kappa shape index (κ1) is 24.2. The lowest BCUT2D eigenvalue weighted by molar-refractivity contribution is 0.198. The second kappa shape index (κ2) is 13.4. The highest BCUT2D eigenvalue weighted by atomic mass is 35.5. The zero-order valence-corrected chi connectivity index (χ0v) is 17.8. The van der Waals surface area contributed by atoms with Gasteiger partial charge in [-0.2, -0.15) is 0 Å². The van der Waals surface area contributed by atoms with Crippen molar-refractivity contribution < 1.29 is 18.3 Å². The van der Waals surface area contributed by atoms with Gasteiger partial charge in [-0.3, -0.25) is 9.05 Å². The van der Waals surface area contributed by atoms with Gasteiger partial charge >= 0.3 is 7.75 Å². The van der Waals surface area contributed by atoms with Gasteiger partial charge in [-0.1, -0.05) is 70.2 Å². The maximum atomic E-state index is 12.9. The number of ether oxygens (including phenoxy) is 1. The molecule has 24 heavy (non-hydrogen) atoms. The third-order valence-corrected chi connectivity index (χ3v) is 5.51. The van der Waals surface area contributed by atoms with Crippen molar-refractivity contribution >= 4 is 36.8 Å². The molecule has 0 aromatic carbocycles. The first-order chi connectivity index (χ1) is 11.3. The molecule has 0 fully saturated rings. The summed E-state index contributed by atoms with van der Waals surface area (Å²) in [5.41, 5.74) is 0. The van der Waals surface area contributed by atoms with E-state index in [0.29, 0.717) is 26.2 Å². The number of unbranched alkanes of at least 4 members (excludes halogenated alkanes) is 3. The van der Waals surface area contributed by atoms with Crippen LogP contribution < -0.4 is 0 Å². The average molecular weight is 404 g/mol. The summed E-state index contributed by atoms with van der Waals surface area (Å²) in [6.45, 7) is 8.90. The van der Waals surface area contributed by atoms with Crippen molar-refractivity contribution in [3.8, 4) is 0 Å². The lowest BCUT2D eigenvalue weighted by Crippen LogP contribution is -2.28. The summed E-state index contributed by atoms with van der Waals surface area (Å²) in [7, 11) is -3.70. The van der Waals surface area contributed by atoms with Crippen LogP contribution in [-0.4, -0.2) is 30.1 Å². The molecule has 0 amide bonds. The second-order valence-corrected chi connectivity index (χ2v) is 8.64. The molecule has 0 saturated carbocycles. The quantitative estimate of drug-likeness (QED) is 0.109. The Hall–Kier alpha value is 0.200. The Labute approximate surface area is 157 Å². The largest absolute Gasteiger partial charge is 0.478 e. The molecular weight excluding hydrogens is 372 g/mol. The van der Waals surface area contributed by atoms with E-state index in [1.807, 2.05) is 20.8 Å². The summed E-state index contributed by atoms with van der Waals surface area (Å²) < 4.78 is 32.2. The first-order valence-electron chi connectivity index (χ1n) is 8.85. The predicted molar refractivity (Wildman–Crippen MR) is 102 cm³/mol. The summed E-state index contributed by atoms with van der Waals surface area (Å²) in [5, 5.41) is 0. The van der Waals surface area contributed by atoms with E-state index in [2.05, 4.69) is 4.76 Å². The Morgan fingerprint density at radius 1 is 0.917 bits per heavy atom. The topological polar surface area (TPSA) is 57.1 Å². The van der Waals surface area contributed by atoms with Crippen LogP contribution in [0.2, 0.25) is 0 Å².